The van der Waals surface area contributed by atoms with E-state index in [0.717, 1.165) is 0 Å². The van der Waals surface area contributed by atoms with Gasteiger partial charge in [-0.05, 0) is 12.1 Å². The first kappa shape index (κ1) is 13.3. The van der Waals surface area contributed by atoms with Crippen LogP contribution < -0.4 is 9.47 Å². The van der Waals surface area contributed by atoms with Crippen molar-refractivity contribution in [3.05, 3.63) is 30.1 Å². The minimum atomic E-state index is -0.457. The third-order valence-corrected chi connectivity index (χ3v) is 2.56. The number of nitrogens with zero attached hydrogens (tertiary/aromatic N) is 3. The summed E-state index contributed by atoms with van der Waals surface area (Å²) < 4.78 is 10.1. The van der Waals surface area contributed by atoms with E-state index >= 15 is 0 Å². The average molecular weight is 277 g/mol. The van der Waals surface area contributed by atoms with Crippen LogP contribution in [0.15, 0.2) is 24.4 Å². The minimum Gasteiger partial charge on any atom is -0.481 e. The quantitative estimate of drug-likeness (QED) is 0.856. The molecule has 0 unspecified atom stereocenters. The molecule has 0 spiro atoms. The molecule has 0 saturated carbocycles. The summed E-state index contributed by atoms with van der Waals surface area (Å²) in [6, 6.07) is 4.91. The summed E-state index contributed by atoms with van der Waals surface area (Å²) in [5, 5.41) is -0.457. The Balaban J connectivity index is 2.61. The summed E-state index contributed by atoms with van der Waals surface area (Å²) in [6.45, 7) is 0. The van der Waals surface area contributed by atoms with Gasteiger partial charge in [0.2, 0.25) is 16.9 Å². The molecule has 0 fully saturated rings. The lowest BCUT2D eigenvalue weighted by atomic mass is 10.2. The first-order chi connectivity index (χ1) is 9.15. The number of thiol groups is 1. The molecule has 2 rings (SSSR count). The molecule has 0 bridgehead atoms. The molecular weight excluding hydrogens is 266 g/mol. The van der Waals surface area contributed by atoms with E-state index < -0.39 is 5.12 Å². The van der Waals surface area contributed by atoms with E-state index in [1.807, 2.05) is 0 Å². The van der Waals surface area contributed by atoms with Crippen LogP contribution in [0.5, 0.6) is 11.8 Å². The second-order valence-corrected chi connectivity index (χ2v) is 3.89. The number of pyridine rings is 1. The van der Waals surface area contributed by atoms with Crippen LogP contribution in [0.25, 0.3) is 11.4 Å². The smallest absolute Gasteiger partial charge is 0.235 e. The van der Waals surface area contributed by atoms with Crippen molar-refractivity contribution in [3.63, 3.8) is 0 Å². The maximum absolute atomic E-state index is 11.4. The lowest BCUT2D eigenvalue weighted by Gasteiger charge is -2.08. The van der Waals surface area contributed by atoms with E-state index in [-0.39, 0.29) is 5.69 Å². The predicted octanol–water partition coefficient (Wildman–Crippen LogP) is 1.63. The minimum absolute atomic E-state index is 0.182. The molecule has 2 aromatic heterocycles. The zero-order valence-electron chi connectivity index (χ0n) is 10.3. The molecule has 6 nitrogen and oxygen atoms in total. The molecule has 0 aromatic carbocycles. The van der Waals surface area contributed by atoms with Gasteiger partial charge in [0.25, 0.3) is 0 Å². The van der Waals surface area contributed by atoms with E-state index in [1.54, 1.807) is 18.2 Å². The first-order valence-corrected chi connectivity index (χ1v) is 5.76. The molecule has 98 valence electrons. The topological polar surface area (TPSA) is 74.2 Å². The molecule has 2 aromatic rings. The van der Waals surface area contributed by atoms with Crippen LogP contribution in [0.4, 0.5) is 0 Å². The zero-order chi connectivity index (χ0) is 13.8. The Kier molecular flexibility index (Phi) is 3.96. The van der Waals surface area contributed by atoms with Gasteiger partial charge in [0.05, 0.1) is 20.3 Å². The van der Waals surface area contributed by atoms with E-state index in [2.05, 4.69) is 27.6 Å². The summed E-state index contributed by atoms with van der Waals surface area (Å²) >= 11 is 3.79. The molecular formula is C12H11N3O3S. The standard InChI is InChI=1S/C12H11N3O3S/c1-17-8-6-9(18-2)15-11(14-8)7-4-3-5-13-10(7)12(16)19/h3-6H,1-2H3,(H,16,19). The highest BCUT2D eigenvalue weighted by molar-refractivity contribution is 7.97. The van der Waals surface area contributed by atoms with Crippen molar-refractivity contribution in [2.24, 2.45) is 0 Å². The molecule has 19 heavy (non-hydrogen) atoms. The number of carbonyl (C=O) groups is 1. The fraction of sp³-hybridized carbons (Fsp3) is 0.167. The SMILES string of the molecule is COc1cc(OC)nc(-c2cccnc2C(=O)S)n1. The highest BCUT2D eigenvalue weighted by Crippen LogP contribution is 2.24. The second kappa shape index (κ2) is 5.66. The number of hydrogen-bond donors (Lipinski definition) is 1. The fourth-order valence-electron chi connectivity index (χ4n) is 1.49. The number of hydrogen-bond acceptors (Lipinski definition) is 6. The van der Waals surface area contributed by atoms with Crippen molar-refractivity contribution < 1.29 is 14.3 Å². The Morgan fingerprint density at radius 2 is 1.84 bits per heavy atom. The van der Waals surface area contributed by atoms with Crippen LogP contribution >= 0.6 is 12.6 Å². The summed E-state index contributed by atoms with van der Waals surface area (Å²) in [5.74, 6) is 0.966. The third kappa shape index (κ3) is 2.82. The van der Waals surface area contributed by atoms with Gasteiger partial charge in [-0.3, -0.25) is 9.78 Å². The number of ether oxygens (including phenoxy) is 2. The normalized spacial score (nSPS) is 10.1. The summed E-state index contributed by atoms with van der Waals surface area (Å²) in [7, 11) is 2.97. The lowest BCUT2D eigenvalue weighted by molar-refractivity contribution is 0.108. The van der Waals surface area contributed by atoms with Crippen molar-refractivity contribution in [1.82, 2.24) is 15.0 Å². The van der Waals surface area contributed by atoms with Crippen LogP contribution in [0.2, 0.25) is 0 Å². The molecule has 0 amide bonds. The van der Waals surface area contributed by atoms with Crippen LogP contribution in [-0.2, 0) is 0 Å². The van der Waals surface area contributed by atoms with Crippen molar-refractivity contribution in [3.8, 4) is 23.1 Å². The van der Waals surface area contributed by atoms with E-state index in [4.69, 9.17) is 9.47 Å². The van der Waals surface area contributed by atoms with Crippen LogP contribution in [0.3, 0.4) is 0 Å². The molecule has 0 atom stereocenters. The Labute approximate surface area is 115 Å². The van der Waals surface area contributed by atoms with Gasteiger partial charge in [-0.15, -0.1) is 0 Å². The molecule has 7 heteroatoms. The Bertz CT molecular complexity index is 597. The van der Waals surface area contributed by atoms with Gasteiger partial charge >= 0.3 is 0 Å². The number of carbonyl (C=O) groups excluding carboxylic acids is 1. The van der Waals surface area contributed by atoms with Gasteiger partial charge in [0.1, 0.15) is 5.69 Å². The number of rotatable bonds is 4. The van der Waals surface area contributed by atoms with Gasteiger partial charge in [0, 0.05) is 11.8 Å². The van der Waals surface area contributed by atoms with E-state index in [0.29, 0.717) is 23.1 Å². The van der Waals surface area contributed by atoms with Gasteiger partial charge in [-0.1, -0.05) is 12.6 Å². The molecule has 0 aliphatic heterocycles. The molecule has 0 aliphatic rings. The van der Waals surface area contributed by atoms with Gasteiger partial charge in [-0.2, -0.15) is 9.97 Å². The van der Waals surface area contributed by atoms with Crippen LogP contribution in [0.1, 0.15) is 10.5 Å². The van der Waals surface area contributed by atoms with Crippen molar-refractivity contribution in [2.75, 3.05) is 14.2 Å². The monoisotopic (exact) mass is 277 g/mol. The summed E-state index contributed by atoms with van der Waals surface area (Å²) in [5.41, 5.74) is 0.654. The Morgan fingerprint density at radius 1 is 1.21 bits per heavy atom. The molecule has 0 N–H and O–H groups in total. The van der Waals surface area contributed by atoms with Gasteiger partial charge in [-0.25, -0.2) is 0 Å². The van der Waals surface area contributed by atoms with Gasteiger partial charge in [0.15, 0.2) is 5.82 Å². The van der Waals surface area contributed by atoms with Crippen molar-refractivity contribution >= 4 is 17.7 Å². The van der Waals surface area contributed by atoms with Gasteiger partial charge < -0.3 is 9.47 Å². The maximum atomic E-state index is 11.4. The Hall–Kier alpha value is -2.15. The Morgan fingerprint density at radius 3 is 2.37 bits per heavy atom. The summed E-state index contributed by atoms with van der Waals surface area (Å²) in [4.78, 5) is 23.8. The molecule has 0 radical (unpaired) electrons. The third-order valence-electron chi connectivity index (χ3n) is 2.35. The molecule has 2 heterocycles. The number of methoxy groups -OCH3 is 2. The van der Waals surface area contributed by atoms with Crippen LogP contribution in [-0.4, -0.2) is 34.3 Å². The van der Waals surface area contributed by atoms with E-state index in [1.165, 1.54) is 20.4 Å². The average Bonchev–Trinajstić information content (AvgIpc) is 2.46. The van der Waals surface area contributed by atoms with Crippen LogP contribution in [0, 0.1) is 0 Å². The molecule has 0 aliphatic carbocycles. The van der Waals surface area contributed by atoms with Crippen molar-refractivity contribution in [1.29, 1.82) is 0 Å². The van der Waals surface area contributed by atoms with Crippen molar-refractivity contribution in [2.45, 2.75) is 0 Å². The number of aromatic nitrogens is 3. The second-order valence-electron chi connectivity index (χ2n) is 3.48. The molecule has 0 saturated heterocycles. The lowest BCUT2D eigenvalue weighted by Crippen LogP contribution is -2.02. The highest BCUT2D eigenvalue weighted by Gasteiger charge is 2.15. The van der Waals surface area contributed by atoms with E-state index in [9.17, 15) is 4.79 Å². The first-order valence-electron chi connectivity index (χ1n) is 5.31. The predicted molar refractivity (Wildman–Crippen MR) is 71.7 cm³/mol. The fourth-order valence-corrected chi connectivity index (χ4v) is 1.67. The zero-order valence-corrected chi connectivity index (χ0v) is 11.2. The highest BCUT2D eigenvalue weighted by atomic mass is 32.1. The maximum Gasteiger partial charge on any atom is 0.235 e. The largest absolute Gasteiger partial charge is 0.481 e. The summed E-state index contributed by atoms with van der Waals surface area (Å²) in [6.07, 6.45) is 1.50.